The number of hydrogen-bond donors (Lipinski definition) is 1. The van der Waals surface area contributed by atoms with Gasteiger partial charge in [0, 0.05) is 22.5 Å². The highest BCUT2D eigenvalue weighted by Crippen LogP contribution is 2.32. The molecule has 0 unspecified atom stereocenters. The Balaban J connectivity index is 1.51. The van der Waals surface area contributed by atoms with Crippen molar-refractivity contribution in [2.75, 3.05) is 21.9 Å². The van der Waals surface area contributed by atoms with E-state index in [-0.39, 0.29) is 11.5 Å². The molecule has 4 rings (SSSR count). The van der Waals surface area contributed by atoms with Gasteiger partial charge in [-0.15, -0.1) is 11.3 Å². The smallest absolute Gasteiger partial charge is 0.387 e. The van der Waals surface area contributed by atoms with Crippen molar-refractivity contribution in [3.63, 3.8) is 0 Å². The lowest BCUT2D eigenvalue weighted by Gasteiger charge is -2.17. The fraction of sp³-hybridized carbons (Fsp3) is 0.238. The van der Waals surface area contributed by atoms with E-state index in [1.54, 1.807) is 36.4 Å². The highest BCUT2D eigenvalue weighted by Gasteiger charge is 2.28. The predicted molar refractivity (Wildman–Crippen MR) is 119 cm³/mol. The van der Waals surface area contributed by atoms with E-state index in [1.165, 1.54) is 27.8 Å². The number of alkyl halides is 2. The molecule has 0 saturated carbocycles. The molecule has 32 heavy (non-hydrogen) atoms. The van der Waals surface area contributed by atoms with Crippen molar-refractivity contribution in [1.82, 2.24) is 4.98 Å². The van der Waals surface area contributed by atoms with Crippen LogP contribution >= 0.6 is 11.3 Å². The van der Waals surface area contributed by atoms with Crippen molar-refractivity contribution in [3.05, 3.63) is 59.0 Å². The molecule has 1 N–H and O–H groups in total. The second-order valence-corrected chi connectivity index (χ2v) is 10.3. The first-order valence-electron chi connectivity index (χ1n) is 9.67. The van der Waals surface area contributed by atoms with Crippen LogP contribution in [-0.2, 0) is 10.0 Å². The van der Waals surface area contributed by atoms with Gasteiger partial charge >= 0.3 is 6.61 Å². The molecule has 1 amide bonds. The Bertz CT molecular complexity index is 1240. The van der Waals surface area contributed by atoms with Crippen LogP contribution in [0.1, 0.15) is 21.7 Å². The van der Waals surface area contributed by atoms with E-state index in [0.29, 0.717) is 40.6 Å². The summed E-state index contributed by atoms with van der Waals surface area (Å²) in [7, 11) is -3.34. The average Bonchev–Trinajstić information content (AvgIpc) is 3.29. The molecule has 1 aromatic heterocycles. The fourth-order valence-electron chi connectivity index (χ4n) is 3.41. The molecule has 11 heteroatoms. The number of amides is 1. The maximum atomic E-state index is 12.7. The number of sulfonamides is 1. The minimum Gasteiger partial charge on any atom is -0.435 e. The molecule has 0 spiro atoms. The summed E-state index contributed by atoms with van der Waals surface area (Å²) < 4.78 is 54.6. The van der Waals surface area contributed by atoms with Crippen LogP contribution in [0.15, 0.2) is 48.5 Å². The number of anilines is 2. The van der Waals surface area contributed by atoms with Gasteiger partial charge in [-0.3, -0.25) is 14.4 Å². The molecular formula is C21H19F2N3O4S2. The summed E-state index contributed by atoms with van der Waals surface area (Å²) in [5.41, 5.74) is 2.08. The van der Waals surface area contributed by atoms with Gasteiger partial charge in [0.1, 0.15) is 5.75 Å². The Labute approximate surface area is 187 Å². The highest BCUT2D eigenvalue weighted by molar-refractivity contribution is 7.93. The number of aromatic nitrogens is 1. The van der Waals surface area contributed by atoms with Crippen LogP contribution in [0.5, 0.6) is 5.75 Å². The van der Waals surface area contributed by atoms with Crippen molar-refractivity contribution in [2.24, 2.45) is 0 Å². The van der Waals surface area contributed by atoms with E-state index in [4.69, 9.17) is 0 Å². The van der Waals surface area contributed by atoms with Crippen LogP contribution in [0.25, 0.3) is 11.3 Å². The van der Waals surface area contributed by atoms with Crippen molar-refractivity contribution >= 4 is 38.1 Å². The number of hydrogen-bond acceptors (Lipinski definition) is 6. The molecular weight excluding hydrogens is 460 g/mol. The van der Waals surface area contributed by atoms with Gasteiger partial charge in [-0.1, -0.05) is 6.07 Å². The molecule has 0 atom stereocenters. The number of aryl methyl sites for hydroxylation is 1. The Morgan fingerprint density at radius 2 is 1.97 bits per heavy atom. The van der Waals surface area contributed by atoms with Gasteiger partial charge < -0.3 is 4.74 Å². The minimum atomic E-state index is -3.34. The van der Waals surface area contributed by atoms with Crippen LogP contribution < -0.4 is 14.4 Å². The summed E-state index contributed by atoms with van der Waals surface area (Å²) in [5, 5.41) is 3.11. The third-order valence-electron chi connectivity index (χ3n) is 4.87. The standard InChI is InChI=1S/C21H19F2N3O4S2/c1-13-18(14-6-8-17(9-7-14)30-20(22)23)24-21(31-13)25-19(27)15-4-2-5-16(12-15)26-10-3-11-32(26,28)29/h2,4-9,12,20H,3,10-11H2,1H3,(H,24,25,27). The number of benzene rings is 2. The molecule has 168 valence electrons. The van der Waals surface area contributed by atoms with Crippen molar-refractivity contribution in [1.29, 1.82) is 0 Å². The summed E-state index contributed by atoms with van der Waals surface area (Å²) in [6, 6.07) is 12.5. The highest BCUT2D eigenvalue weighted by atomic mass is 32.2. The molecule has 1 aliphatic rings. The summed E-state index contributed by atoms with van der Waals surface area (Å²) >= 11 is 1.28. The van der Waals surface area contributed by atoms with Crippen LogP contribution in [0.4, 0.5) is 19.6 Å². The first-order valence-corrected chi connectivity index (χ1v) is 12.1. The molecule has 1 saturated heterocycles. The van der Waals surface area contributed by atoms with E-state index >= 15 is 0 Å². The zero-order chi connectivity index (χ0) is 22.9. The summed E-state index contributed by atoms with van der Waals surface area (Å²) in [6.45, 7) is -0.665. The lowest BCUT2D eigenvalue weighted by atomic mass is 10.1. The zero-order valence-corrected chi connectivity index (χ0v) is 18.6. The molecule has 1 aliphatic heterocycles. The Morgan fingerprint density at radius 3 is 2.62 bits per heavy atom. The molecule has 0 radical (unpaired) electrons. The van der Waals surface area contributed by atoms with E-state index in [2.05, 4.69) is 15.0 Å². The Morgan fingerprint density at radius 1 is 1.22 bits per heavy atom. The van der Waals surface area contributed by atoms with Gasteiger partial charge in [0.2, 0.25) is 10.0 Å². The molecule has 7 nitrogen and oxygen atoms in total. The number of rotatable bonds is 6. The number of thiazole rings is 1. The molecule has 2 aromatic carbocycles. The molecule has 0 bridgehead atoms. The minimum absolute atomic E-state index is 0.0463. The third kappa shape index (κ3) is 4.73. The van der Waals surface area contributed by atoms with Crippen LogP contribution in [0.3, 0.4) is 0 Å². The lowest BCUT2D eigenvalue weighted by molar-refractivity contribution is -0.0498. The van der Waals surface area contributed by atoms with Gasteiger partial charge in [-0.05, 0) is 55.8 Å². The SMILES string of the molecule is Cc1sc(NC(=O)c2cccc(N3CCCS3(=O)=O)c2)nc1-c1ccc(OC(F)F)cc1. The number of carbonyl (C=O) groups excluding carboxylic acids is 1. The zero-order valence-electron chi connectivity index (χ0n) is 16.9. The van der Waals surface area contributed by atoms with Crippen LogP contribution in [-0.4, -0.2) is 38.2 Å². The largest absolute Gasteiger partial charge is 0.435 e. The Kier molecular flexibility index (Phi) is 6.11. The van der Waals surface area contributed by atoms with Crippen molar-refractivity contribution < 1.29 is 26.7 Å². The first kappa shape index (κ1) is 22.2. The van der Waals surface area contributed by atoms with Gasteiger partial charge in [-0.25, -0.2) is 13.4 Å². The Hall–Kier alpha value is -3.05. The van der Waals surface area contributed by atoms with Gasteiger partial charge in [0.05, 0.1) is 17.1 Å². The molecule has 1 fully saturated rings. The number of nitrogens with zero attached hydrogens (tertiary/aromatic N) is 2. The van der Waals surface area contributed by atoms with Crippen LogP contribution in [0, 0.1) is 6.92 Å². The van der Waals surface area contributed by atoms with Gasteiger partial charge in [0.15, 0.2) is 5.13 Å². The summed E-state index contributed by atoms with van der Waals surface area (Å²) in [4.78, 5) is 18.0. The average molecular weight is 480 g/mol. The fourth-order valence-corrected chi connectivity index (χ4v) is 5.80. The molecule has 2 heterocycles. The van der Waals surface area contributed by atoms with E-state index in [1.807, 2.05) is 6.92 Å². The lowest BCUT2D eigenvalue weighted by Crippen LogP contribution is -2.25. The van der Waals surface area contributed by atoms with E-state index < -0.39 is 22.5 Å². The van der Waals surface area contributed by atoms with Crippen molar-refractivity contribution in [3.8, 4) is 17.0 Å². The normalized spacial score (nSPS) is 15.2. The van der Waals surface area contributed by atoms with Gasteiger partial charge in [-0.2, -0.15) is 8.78 Å². The predicted octanol–water partition coefficient (Wildman–Crippen LogP) is 4.51. The number of halogens is 2. The molecule has 0 aliphatic carbocycles. The maximum absolute atomic E-state index is 12.7. The first-order chi connectivity index (χ1) is 15.2. The van der Waals surface area contributed by atoms with E-state index in [0.717, 1.165) is 4.88 Å². The van der Waals surface area contributed by atoms with Crippen LogP contribution in [0.2, 0.25) is 0 Å². The molecule has 3 aromatic rings. The number of ether oxygens (including phenoxy) is 1. The summed E-state index contributed by atoms with van der Waals surface area (Å²) in [5.74, 6) is -0.269. The topological polar surface area (TPSA) is 88.6 Å². The summed E-state index contributed by atoms with van der Waals surface area (Å²) in [6.07, 6.45) is 0.551. The maximum Gasteiger partial charge on any atom is 0.387 e. The second kappa shape index (κ2) is 8.83. The monoisotopic (exact) mass is 479 g/mol. The number of carbonyl (C=O) groups is 1. The quantitative estimate of drug-likeness (QED) is 0.562. The second-order valence-electron chi connectivity index (χ2n) is 7.07. The number of nitrogens with one attached hydrogen (secondary N) is 1. The van der Waals surface area contributed by atoms with E-state index in [9.17, 15) is 22.0 Å². The third-order valence-corrected chi connectivity index (χ3v) is 7.62. The van der Waals surface area contributed by atoms with Gasteiger partial charge in [0.25, 0.3) is 5.91 Å². The van der Waals surface area contributed by atoms with Crippen molar-refractivity contribution in [2.45, 2.75) is 20.0 Å².